The lowest BCUT2D eigenvalue weighted by molar-refractivity contribution is 0.808. The molecule has 2 rings (SSSR count). The third-order valence-corrected chi connectivity index (χ3v) is 4.63. The Morgan fingerprint density at radius 3 is 2.91 bits per heavy atom. The van der Waals surface area contributed by atoms with E-state index in [1.165, 1.54) is 23.6 Å². The summed E-state index contributed by atoms with van der Waals surface area (Å²) in [6, 6.07) is 0. The van der Waals surface area contributed by atoms with E-state index >= 15 is 0 Å². The highest BCUT2D eigenvalue weighted by Gasteiger charge is 2.20. The summed E-state index contributed by atoms with van der Waals surface area (Å²) >= 11 is 6.97. The first-order valence-electron chi connectivity index (χ1n) is 3.47. The van der Waals surface area contributed by atoms with Crippen LogP contribution in [0, 0.1) is 0 Å². The second-order valence-electron chi connectivity index (χ2n) is 2.39. The Labute approximate surface area is 81.9 Å². The molecule has 1 aliphatic heterocycles. The van der Waals surface area contributed by atoms with Crippen molar-refractivity contribution in [2.45, 2.75) is 18.1 Å². The lowest BCUT2D eigenvalue weighted by Crippen LogP contribution is -1.85. The van der Waals surface area contributed by atoms with Crippen LogP contribution in [0.3, 0.4) is 0 Å². The van der Waals surface area contributed by atoms with Crippen molar-refractivity contribution in [1.29, 1.82) is 0 Å². The molecular weight excluding hydrogens is 244 g/mol. The quantitative estimate of drug-likeness (QED) is 0.767. The number of hydrogen-bond donors (Lipinski definition) is 0. The smallest absolute Gasteiger partial charge is 0.151 e. The molecule has 1 aromatic heterocycles. The Morgan fingerprint density at radius 1 is 1.45 bits per heavy atom. The van der Waals surface area contributed by atoms with Crippen LogP contribution in [0.15, 0.2) is 3.92 Å². The van der Waals surface area contributed by atoms with Crippen molar-refractivity contribution in [3.63, 3.8) is 0 Å². The van der Waals surface area contributed by atoms with Gasteiger partial charge in [0.15, 0.2) is 3.92 Å². The molecule has 0 spiro atoms. The second-order valence-corrected chi connectivity index (χ2v) is 5.99. The van der Waals surface area contributed by atoms with Crippen LogP contribution in [0.2, 0.25) is 0 Å². The number of hydrogen-bond acceptors (Lipinski definition) is 4. The normalized spacial score (nSPS) is 24.3. The summed E-state index contributed by atoms with van der Waals surface area (Å²) in [7, 11) is 0. The molecule has 0 N–H and O–H groups in total. The van der Waals surface area contributed by atoms with Gasteiger partial charge in [-0.1, -0.05) is 11.3 Å². The zero-order chi connectivity index (χ0) is 7.68. The highest BCUT2D eigenvalue weighted by Crippen LogP contribution is 2.41. The monoisotopic (exact) mass is 250 g/mol. The van der Waals surface area contributed by atoms with Gasteiger partial charge < -0.3 is 0 Å². The minimum atomic E-state index is 0.624. The van der Waals surface area contributed by atoms with E-state index in [4.69, 9.17) is 0 Å². The molecule has 1 unspecified atom stereocenters. The topological polar surface area (TPSA) is 25.8 Å². The molecule has 1 atom stereocenters. The van der Waals surface area contributed by atoms with Crippen molar-refractivity contribution in [1.82, 2.24) is 10.2 Å². The van der Waals surface area contributed by atoms with Gasteiger partial charge >= 0.3 is 0 Å². The standard InChI is InChI=1S/C6H7BrN2S2/c7-6-9-8-5(11-6)4-2-1-3-10-4/h4H,1-3H2. The van der Waals surface area contributed by atoms with E-state index in [1.54, 1.807) is 11.3 Å². The molecule has 5 heteroatoms. The summed E-state index contributed by atoms with van der Waals surface area (Å²) in [5.41, 5.74) is 0. The van der Waals surface area contributed by atoms with Gasteiger partial charge in [-0.2, -0.15) is 11.8 Å². The van der Waals surface area contributed by atoms with Crippen LogP contribution in [0.1, 0.15) is 23.1 Å². The highest BCUT2D eigenvalue weighted by molar-refractivity contribution is 9.11. The van der Waals surface area contributed by atoms with Gasteiger partial charge in [-0.25, -0.2) is 0 Å². The Morgan fingerprint density at radius 2 is 2.36 bits per heavy atom. The van der Waals surface area contributed by atoms with E-state index in [-0.39, 0.29) is 0 Å². The summed E-state index contributed by atoms with van der Waals surface area (Å²) in [5.74, 6) is 1.28. The van der Waals surface area contributed by atoms with Crippen molar-refractivity contribution in [3.05, 3.63) is 8.92 Å². The molecule has 2 heterocycles. The summed E-state index contributed by atoms with van der Waals surface area (Å²) in [6.07, 6.45) is 2.60. The maximum atomic E-state index is 4.10. The van der Waals surface area contributed by atoms with Gasteiger partial charge in [0.25, 0.3) is 0 Å². The van der Waals surface area contributed by atoms with Crippen molar-refractivity contribution in [2.24, 2.45) is 0 Å². The van der Waals surface area contributed by atoms with Crippen LogP contribution in [0.5, 0.6) is 0 Å². The average Bonchev–Trinajstić information content (AvgIpc) is 2.55. The Balaban J connectivity index is 2.15. The minimum Gasteiger partial charge on any atom is -0.151 e. The molecule has 1 saturated heterocycles. The third-order valence-electron chi connectivity index (χ3n) is 1.62. The van der Waals surface area contributed by atoms with E-state index in [9.17, 15) is 0 Å². The SMILES string of the molecule is Brc1nnc(C2CCCS2)s1. The fourth-order valence-corrected chi connectivity index (χ4v) is 3.77. The van der Waals surface area contributed by atoms with Gasteiger partial charge in [0.2, 0.25) is 0 Å². The summed E-state index contributed by atoms with van der Waals surface area (Å²) in [6.45, 7) is 0. The molecule has 2 nitrogen and oxygen atoms in total. The summed E-state index contributed by atoms with van der Waals surface area (Å²) < 4.78 is 0.903. The molecule has 0 amide bonds. The molecule has 1 fully saturated rings. The lowest BCUT2D eigenvalue weighted by Gasteiger charge is -1.99. The van der Waals surface area contributed by atoms with Crippen LogP contribution < -0.4 is 0 Å². The number of nitrogens with zero attached hydrogens (tertiary/aromatic N) is 2. The maximum Gasteiger partial charge on any atom is 0.183 e. The maximum absolute atomic E-state index is 4.10. The van der Waals surface area contributed by atoms with Gasteiger partial charge in [-0.05, 0) is 34.5 Å². The van der Waals surface area contributed by atoms with Crippen LogP contribution >= 0.6 is 39.0 Å². The first-order chi connectivity index (χ1) is 5.36. The first-order valence-corrected chi connectivity index (χ1v) is 6.12. The zero-order valence-electron chi connectivity index (χ0n) is 5.79. The van der Waals surface area contributed by atoms with Gasteiger partial charge in [-0.15, -0.1) is 10.2 Å². The fourth-order valence-electron chi connectivity index (χ4n) is 1.12. The minimum absolute atomic E-state index is 0.624. The van der Waals surface area contributed by atoms with Crippen molar-refractivity contribution in [3.8, 4) is 0 Å². The predicted molar refractivity (Wildman–Crippen MR) is 52.0 cm³/mol. The van der Waals surface area contributed by atoms with Crippen molar-refractivity contribution < 1.29 is 0 Å². The lowest BCUT2D eigenvalue weighted by atomic mass is 10.3. The zero-order valence-corrected chi connectivity index (χ0v) is 9.01. The molecule has 1 aromatic rings. The van der Waals surface area contributed by atoms with Crippen LogP contribution in [0.4, 0.5) is 0 Å². The van der Waals surface area contributed by atoms with Gasteiger partial charge in [0, 0.05) is 0 Å². The number of rotatable bonds is 1. The molecule has 1 aliphatic rings. The molecular formula is C6H7BrN2S2. The van der Waals surface area contributed by atoms with Crippen LogP contribution in [-0.2, 0) is 0 Å². The summed E-state index contributed by atoms with van der Waals surface area (Å²) in [5, 5.41) is 9.84. The Bertz CT molecular complexity index is 244. The van der Waals surface area contributed by atoms with E-state index in [0.717, 1.165) is 3.92 Å². The van der Waals surface area contributed by atoms with Gasteiger partial charge in [0.05, 0.1) is 5.25 Å². The molecule has 0 saturated carbocycles. The molecule has 0 aromatic carbocycles. The number of thioether (sulfide) groups is 1. The Kier molecular flexibility index (Phi) is 2.48. The van der Waals surface area contributed by atoms with Crippen LogP contribution in [-0.4, -0.2) is 16.0 Å². The average molecular weight is 251 g/mol. The first kappa shape index (κ1) is 8.01. The van der Waals surface area contributed by atoms with Gasteiger partial charge in [0.1, 0.15) is 5.01 Å². The fraction of sp³-hybridized carbons (Fsp3) is 0.667. The second kappa shape index (κ2) is 3.41. The van der Waals surface area contributed by atoms with Crippen LogP contribution in [0.25, 0.3) is 0 Å². The molecule has 0 aliphatic carbocycles. The highest BCUT2D eigenvalue weighted by atomic mass is 79.9. The van der Waals surface area contributed by atoms with E-state index < -0.39 is 0 Å². The van der Waals surface area contributed by atoms with E-state index in [0.29, 0.717) is 5.25 Å². The van der Waals surface area contributed by atoms with Crippen molar-refractivity contribution in [2.75, 3.05) is 5.75 Å². The largest absolute Gasteiger partial charge is 0.183 e. The predicted octanol–water partition coefficient (Wildman–Crippen LogP) is 2.87. The number of halogens is 1. The van der Waals surface area contributed by atoms with E-state index in [2.05, 4.69) is 26.1 Å². The summed E-state index contributed by atoms with van der Waals surface area (Å²) in [4.78, 5) is 0. The molecule has 0 radical (unpaired) electrons. The van der Waals surface area contributed by atoms with E-state index in [1.807, 2.05) is 11.8 Å². The van der Waals surface area contributed by atoms with Gasteiger partial charge in [-0.3, -0.25) is 0 Å². The molecule has 60 valence electrons. The molecule has 0 bridgehead atoms. The third kappa shape index (κ3) is 1.76. The number of aromatic nitrogens is 2. The molecule has 11 heavy (non-hydrogen) atoms. The Hall–Kier alpha value is 0.390. The van der Waals surface area contributed by atoms with Crippen molar-refractivity contribution >= 4 is 39.0 Å².